The van der Waals surface area contributed by atoms with Crippen LogP contribution in [-0.2, 0) is 11.8 Å². The smallest absolute Gasteiger partial charge is 0.271 e. The summed E-state index contributed by atoms with van der Waals surface area (Å²) in [5.41, 5.74) is 4.90. The van der Waals surface area contributed by atoms with Gasteiger partial charge in [0, 0.05) is 47.9 Å². The third-order valence-electron chi connectivity index (χ3n) is 8.45. The highest BCUT2D eigenvalue weighted by atomic mass is 32.1. The number of amides is 1. The van der Waals surface area contributed by atoms with Crippen LogP contribution in [0.4, 0.5) is 0 Å². The number of benzene rings is 3. The number of allylic oxidation sites excluding steroid dienone is 1. The van der Waals surface area contributed by atoms with Gasteiger partial charge in [0.2, 0.25) is 0 Å². The van der Waals surface area contributed by atoms with Crippen LogP contribution in [0, 0.1) is 6.92 Å². The molecule has 1 amide bonds. The van der Waals surface area contributed by atoms with Crippen molar-refractivity contribution in [2.24, 2.45) is 12.0 Å². The van der Waals surface area contributed by atoms with E-state index < -0.39 is 6.04 Å². The van der Waals surface area contributed by atoms with Crippen LogP contribution in [0.5, 0.6) is 5.75 Å². The van der Waals surface area contributed by atoms with Gasteiger partial charge in [0.25, 0.3) is 11.5 Å². The Balaban J connectivity index is 1.69. The van der Waals surface area contributed by atoms with Gasteiger partial charge in [-0.25, -0.2) is 4.99 Å². The fraction of sp³-hybridized carbons (Fsp3) is 0.265. The third-order valence-corrected chi connectivity index (χ3v) is 9.43. The number of methoxy groups -OCH3 is 1. The summed E-state index contributed by atoms with van der Waals surface area (Å²) in [6.45, 7) is 8.97. The predicted octanol–water partition coefficient (Wildman–Crippen LogP) is 5.07. The largest absolute Gasteiger partial charge is 0.496 e. The van der Waals surface area contributed by atoms with Crippen LogP contribution in [-0.4, -0.2) is 40.1 Å². The van der Waals surface area contributed by atoms with Crippen LogP contribution in [0.2, 0.25) is 0 Å². The summed E-state index contributed by atoms with van der Waals surface area (Å²) in [6, 6.07) is 19.4. The number of fused-ring (bicyclic) bond motifs is 3. The third kappa shape index (κ3) is 4.20. The molecule has 0 fully saturated rings. The second-order valence-electron chi connectivity index (χ2n) is 10.5. The van der Waals surface area contributed by atoms with E-state index in [1.165, 1.54) is 11.3 Å². The van der Waals surface area contributed by atoms with Crippen molar-refractivity contribution in [2.45, 2.75) is 33.7 Å². The molecule has 2 aromatic heterocycles. The minimum absolute atomic E-state index is 0.125. The lowest BCUT2D eigenvalue weighted by Crippen LogP contribution is -2.43. The van der Waals surface area contributed by atoms with Crippen LogP contribution >= 0.6 is 11.3 Å². The van der Waals surface area contributed by atoms with Crippen molar-refractivity contribution in [2.75, 3.05) is 20.2 Å². The van der Waals surface area contributed by atoms with E-state index in [1.807, 2.05) is 82.4 Å². The molecule has 6 rings (SSSR count). The van der Waals surface area contributed by atoms with E-state index >= 15 is 0 Å². The lowest BCUT2D eigenvalue weighted by molar-refractivity contribution is -0.127. The van der Waals surface area contributed by atoms with Gasteiger partial charge < -0.3 is 14.2 Å². The van der Waals surface area contributed by atoms with E-state index in [2.05, 4.69) is 23.6 Å². The lowest BCUT2D eigenvalue weighted by atomic mass is 9.90. The Bertz CT molecular complexity index is 2090. The molecule has 42 heavy (non-hydrogen) atoms. The van der Waals surface area contributed by atoms with Gasteiger partial charge in [-0.2, -0.15) is 0 Å². The van der Waals surface area contributed by atoms with E-state index in [9.17, 15) is 9.59 Å². The summed E-state index contributed by atoms with van der Waals surface area (Å²) in [5, 5.41) is 3.02. The molecule has 0 bridgehead atoms. The van der Waals surface area contributed by atoms with Crippen LogP contribution in [0.1, 0.15) is 43.6 Å². The fourth-order valence-corrected chi connectivity index (χ4v) is 7.18. The molecule has 0 N–H and O–H groups in total. The molecule has 214 valence electrons. The molecule has 0 unspecified atom stereocenters. The van der Waals surface area contributed by atoms with Gasteiger partial charge in [-0.05, 0) is 56.7 Å². The first-order chi connectivity index (χ1) is 20.3. The summed E-state index contributed by atoms with van der Waals surface area (Å²) < 4.78 is 10.3. The number of aromatic nitrogens is 2. The van der Waals surface area contributed by atoms with Crippen molar-refractivity contribution >= 4 is 45.0 Å². The zero-order valence-electron chi connectivity index (χ0n) is 24.8. The van der Waals surface area contributed by atoms with Gasteiger partial charge >= 0.3 is 0 Å². The van der Waals surface area contributed by atoms with Gasteiger partial charge in [-0.3, -0.25) is 14.2 Å². The van der Waals surface area contributed by atoms with Gasteiger partial charge in [-0.15, -0.1) is 0 Å². The number of rotatable bonds is 6. The summed E-state index contributed by atoms with van der Waals surface area (Å²) in [5.74, 6) is 0.498. The topological polar surface area (TPSA) is 68.8 Å². The number of nitrogens with zero attached hydrogens (tertiary/aromatic N) is 4. The summed E-state index contributed by atoms with van der Waals surface area (Å²) in [7, 11) is 3.67. The highest BCUT2D eigenvalue weighted by molar-refractivity contribution is 7.07. The number of carbonyl (C=O) groups is 1. The predicted molar refractivity (Wildman–Crippen MR) is 170 cm³/mol. The summed E-state index contributed by atoms with van der Waals surface area (Å²) >= 11 is 1.36. The van der Waals surface area contributed by atoms with Crippen molar-refractivity contribution in [1.82, 2.24) is 14.0 Å². The molecule has 3 heterocycles. The Kier molecular flexibility index (Phi) is 7.10. The quantitative estimate of drug-likeness (QED) is 0.283. The fourth-order valence-electron chi connectivity index (χ4n) is 6.15. The number of carbonyl (C=O) groups excluding carboxylic acids is 1. The zero-order chi connectivity index (χ0) is 29.7. The number of likely N-dealkylation sites (N-methyl/N-ethyl adjacent to an activating group) is 1. The summed E-state index contributed by atoms with van der Waals surface area (Å²) in [4.78, 5) is 35.8. The zero-order valence-corrected chi connectivity index (χ0v) is 25.6. The Morgan fingerprint density at radius 2 is 1.71 bits per heavy atom. The van der Waals surface area contributed by atoms with E-state index in [-0.39, 0.29) is 11.5 Å². The SMILES string of the molecule is CCN(CC)C(=O)C1=C(C)N=c2s/c(=C/c3c(C)n(C)c4ccccc34)c(=O)n2[C@@H]1c1c(OC)ccc2ccccc12. The molecule has 7 nitrogen and oxygen atoms in total. The molecule has 0 aliphatic carbocycles. The molecule has 1 atom stereocenters. The number of para-hydroxylation sites is 1. The Labute approximate surface area is 248 Å². The van der Waals surface area contributed by atoms with Crippen molar-refractivity contribution in [3.05, 3.63) is 108 Å². The molecule has 1 aliphatic heterocycles. The molecular formula is C34H34N4O3S. The molecular weight excluding hydrogens is 544 g/mol. The Hall–Kier alpha value is -4.43. The van der Waals surface area contributed by atoms with Gasteiger partial charge in [0.05, 0.1) is 22.9 Å². The van der Waals surface area contributed by atoms with Crippen molar-refractivity contribution in [3.8, 4) is 5.75 Å². The maximum absolute atomic E-state index is 14.5. The number of aryl methyl sites for hydroxylation is 1. The van der Waals surface area contributed by atoms with Crippen molar-refractivity contribution in [3.63, 3.8) is 0 Å². The molecule has 0 saturated carbocycles. The molecule has 1 aliphatic rings. The van der Waals surface area contributed by atoms with Crippen LogP contribution in [0.15, 0.2) is 81.7 Å². The normalized spacial score (nSPS) is 15.3. The van der Waals surface area contributed by atoms with Crippen molar-refractivity contribution < 1.29 is 9.53 Å². The Morgan fingerprint density at radius 1 is 1.02 bits per heavy atom. The Morgan fingerprint density at radius 3 is 2.43 bits per heavy atom. The highest BCUT2D eigenvalue weighted by Crippen LogP contribution is 2.40. The average molecular weight is 579 g/mol. The van der Waals surface area contributed by atoms with E-state index in [1.54, 1.807) is 16.6 Å². The van der Waals surface area contributed by atoms with Crippen molar-refractivity contribution in [1.29, 1.82) is 0 Å². The molecule has 0 saturated heterocycles. The number of ether oxygens (including phenoxy) is 1. The van der Waals surface area contributed by atoms with E-state index in [0.29, 0.717) is 39.4 Å². The molecule has 5 aromatic rings. The van der Waals surface area contributed by atoms with Gasteiger partial charge in [0.15, 0.2) is 4.80 Å². The van der Waals surface area contributed by atoms with Crippen LogP contribution < -0.4 is 19.6 Å². The second-order valence-corrected chi connectivity index (χ2v) is 11.5. The minimum Gasteiger partial charge on any atom is -0.496 e. The lowest BCUT2D eigenvalue weighted by Gasteiger charge is -2.30. The second kappa shape index (κ2) is 10.8. The number of thiazole rings is 1. The van der Waals surface area contributed by atoms with Gasteiger partial charge in [0.1, 0.15) is 11.8 Å². The molecule has 3 aromatic carbocycles. The van der Waals surface area contributed by atoms with Crippen LogP contribution in [0.25, 0.3) is 27.8 Å². The number of hydrogen-bond donors (Lipinski definition) is 0. The monoisotopic (exact) mass is 578 g/mol. The maximum Gasteiger partial charge on any atom is 0.271 e. The number of hydrogen-bond acceptors (Lipinski definition) is 5. The summed E-state index contributed by atoms with van der Waals surface area (Å²) in [6.07, 6.45) is 1.98. The first-order valence-corrected chi connectivity index (χ1v) is 15.0. The first-order valence-electron chi connectivity index (χ1n) is 14.2. The van der Waals surface area contributed by atoms with E-state index in [0.717, 1.165) is 38.5 Å². The highest BCUT2D eigenvalue weighted by Gasteiger charge is 2.36. The standard InChI is InChI=1S/C34H34N4O3S/c1-7-37(8-2)33(40)29-20(3)35-34-38(31(29)30-23-14-10-9-13-22(23)17-18-27(30)41-6)32(39)28(42-34)19-25-21(4)36(5)26-16-12-11-15-24(25)26/h9-19,31H,7-8H2,1-6H3/b28-19+/t31-/m0/s1. The molecule has 0 radical (unpaired) electrons. The molecule has 8 heteroatoms. The minimum atomic E-state index is -0.703. The van der Waals surface area contributed by atoms with E-state index in [4.69, 9.17) is 9.73 Å². The first kappa shape index (κ1) is 27.7. The van der Waals surface area contributed by atoms with Crippen LogP contribution in [0.3, 0.4) is 0 Å². The maximum atomic E-state index is 14.5. The van der Waals surface area contributed by atoms with Gasteiger partial charge in [-0.1, -0.05) is 59.9 Å². The molecule has 0 spiro atoms. The average Bonchev–Trinajstić information content (AvgIpc) is 3.44.